The maximum absolute atomic E-state index is 12.5. The van der Waals surface area contributed by atoms with E-state index in [0.29, 0.717) is 0 Å². The monoisotopic (exact) mass is 332 g/mol. The fourth-order valence-electron chi connectivity index (χ4n) is 2.18. The summed E-state index contributed by atoms with van der Waals surface area (Å²) in [6, 6.07) is 4.02. The second-order valence-corrected chi connectivity index (χ2v) is 8.97. The van der Waals surface area contributed by atoms with E-state index < -0.39 is 25.6 Å². The van der Waals surface area contributed by atoms with Crippen molar-refractivity contribution < 1.29 is 21.3 Å². The van der Waals surface area contributed by atoms with Crippen LogP contribution in [0.1, 0.15) is 0 Å². The lowest BCUT2D eigenvalue weighted by Crippen LogP contribution is -2.43. The third kappa shape index (κ3) is 2.61. The van der Waals surface area contributed by atoms with Gasteiger partial charge in [-0.2, -0.15) is 4.31 Å². The molecule has 1 aliphatic heterocycles. The van der Waals surface area contributed by atoms with Crippen LogP contribution in [0.2, 0.25) is 0 Å². The number of hydrogen-bond donors (Lipinski definition) is 1. The summed E-state index contributed by atoms with van der Waals surface area (Å²) in [4.78, 5) is 13.5. The molecule has 1 aliphatic rings. The Bertz CT molecular complexity index is 940. The van der Waals surface area contributed by atoms with Crippen LogP contribution < -0.4 is 5.76 Å². The van der Waals surface area contributed by atoms with Crippen molar-refractivity contribution in [3.05, 3.63) is 28.7 Å². The maximum Gasteiger partial charge on any atom is 0.417 e. The number of H-pyrrole nitrogens is 1. The molecule has 1 N–H and O–H groups in total. The van der Waals surface area contributed by atoms with E-state index in [0.717, 1.165) is 4.31 Å². The molecule has 0 spiro atoms. The molecule has 21 heavy (non-hydrogen) atoms. The predicted octanol–water partition coefficient (Wildman–Crippen LogP) is -0.460. The quantitative estimate of drug-likeness (QED) is 0.795. The van der Waals surface area contributed by atoms with Gasteiger partial charge in [-0.05, 0) is 18.2 Å². The molecule has 2 heterocycles. The summed E-state index contributed by atoms with van der Waals surface area (Å²) < 4.78 is 53.6. The lowest BCUT2D eigenvalue weighted by molar-refractivity contribution is 0.431. The molecular weight excluding hydrogens is 320 g/mol. The van der Waals surface area contributed by atoms with Crippen molar-refractivity contribution in [1.82, 2.24) is 9.29 Å². The number of aromatic nitrogens is 1. The first-order valence-corrected chi connectivity index (χ1v) is 9.38. The van der Waals surface area contributed by atoms with Gasteiger partial charge in [0.25, 0.3) is 0 Å². The fourth-order valence-corrected chi connectivity index (χ4v) is 5.08. The summed E-state index contributed by atoms with van der Waals surface area (Å²) >= 11 is 0. The van der Waals surface area contributed by atoms with Crippen LogP contribution >= 0.6 is 0 Å². The topological polar surface area (TPSA) is 118 Å². The van der Waals surface area contributed by atoms with Crippen LogP contribution in [0.15, 0.2) is 32.3 Å². The number of nitrogens with zero attached hydrogens (tertiary/aromatic N) is 1. The number of fused-ring (bicyclic) bond motifs is 1. The number of hydrogen-bond acceptors (Lipinski definition) is 6. The first kappa shape index (κ1) is 14.3. The lowest BCUT2D eigenvalue weighted by atomic mass is 10.3. The van der Waals surface area contributed by atoms with Crippen LogP contribution in [0, 0.1) is 0 Å². The number of sulfonamides is 1. The van der Waals surface area contributed by atoms with Crippen molar-refractivity contribution in [2.24, 2.45) is 0 Å². The third-order valence-corrected chi connectivity index (χ3v) is 6.84. The van der Waals surface area contributed by atoms with E-state index in [1.807, 2.05) is 0 Å². The summed E-state index contributed by atoms with van der Waals surface area (Å²) in [6.07, 6.45) is 0. The Morgan fingerprint density at radius 2 is 1.86 bits per heavy atom. The van der Waals surface area contributed by atoms with Gasteiger partial charge in [-0.25, -0.2) is 21.6 Å². The summed E-state index contributed by atoms with van der Waals surface area (Å²) in [5.41, 5.74) is 0.547. The Labute approximate surface area is 120 Å². The number of rotatable bonds is 2. The van der Waals surface area contributed by atoms with Gasteiger partial charge in [0, 0.05) is 13.1 Å². The van der Waals surface area contributed by atoms with Crippen molar-refractivity contribution in [3.63, 3.8) is 0 Å². The van der Waals surface area contributed by atoms with Crippen molar-refractivity contribution >= 4 is 31.0 Å². The maximum atomic E-state index is 12.5. The molecule has 114 valence electrons. The van der Waals surface area contributed by atoms with Gasteiger partial charge in [0.2, 0.25) is 10.0 Å². The highest BCUT2D eigenvalue weighted by Crippen LogP contribution is 2.21. The Hall–Kier alpha value is -1.65. The molecule has 3 rings (SSSR count). The summed E-state index contributed by atoms with van der Waals surface area (Å²) in [6.45, 7) is -0.130. The minimum atomic E-state index is -3.79. The van der Waals surface area contributed by atoms with Gasteiger partial charge in [-0.3, -0.25) is 4.98 Å². The van der Waals surface area contributed by atoms with E-state index in [4.69, 9.17) is 4.42 Å². The third-order valence-electron chi connectivity index (χ3n) is 3.33. The lowest BCUT2D eigenvalue weighted by Gasteiger charge is -2.25. The molecule has 0 unspecified atom stereocenters. The molecular formula is C11H12N2O6S2. The van der Waals surface area contributed by atoms with Crippen molar-refractivity contribution in [1.29, 1.82) is 0 Å². The van der Waals surface area contributed by atoms with Gasteiger partial charge in [-0.15, -0.1) is 0 Å². The Balaban J connectivity index is 1.98. The first-order chi connectivity index (χ1) is 9.78. The molecule has 1 aromatic carbocycles. The Morgan fingerprint density at radius 3 is 2.52 bits per heavy atom. The molecule has 0 bridgehead atoms. The van der Waals surface area contributed by atoms with Gasteiger partial charge in [-0.1, -0.05) is 0 Å². The number of nitrogens with one attached hydrogen (secondary N) is 1. The fraction of sp³-hybridized carbons (Fsp3) is 0.364. The average Bonchev–Trinajstić information content (AvgIpc) is 2.77. The number of sulfone groups is 1. The summed E-state index contributed by atoms with van der Waals surface area (Å²) in [5.74, 6) is -1.03. The van der Waals surface area contributed by atoms with Crippen LogP contribution in [0.3, 0.4) is 0 Å². The molecule has 1 aromatic heterocycles. The zero-order valence-corrected chi connectivity index (χ0v) is 12.4. The highest BCUT2D eigenvalue weighted by Gasteiger charge is 2.31. The molecule has 1 fully saturated rings. The van der Waals surface area contributed by atoms with Gasteiger partial charge < -0.3 is 4.42 Å². The van der Waals surface area contributed by atoms with Gasteiger partial charge in [0.15, 0.2) is 15.4 Å². The van der Waals surface area contributed by atoms with Crippen molar-refractivity contribution in [2.45, 2.75) is 4.90 Å². The Kier molecular flexibility index (Phi) is 3.19. The molecule has 2 aromatic rings. The summed E-state index contributed by atoms with van der Waals surface area (Å²) in [7, 11) is -6.95. The van der Waals surface area contributed by atoms with Crippen molar-refractivity contribution in [2.75, 3.05) is 24.6 Å². The normalized spacial score (nSPS) is 19.8. The van der Waals surface area contributed by atoms with Crippen LogP contribution in [-0.2, 0) is 19.9 Å². The zero-order valence-electron chi connectivity index (χ0n) is 10.8. The smallest absolute Gasteiger partial charge is 0.408 e. The molecule has 0 radical (unpaired) electrons. The molecule has 0 aliphatic carbocycles. The van der Waals surface area contributed by atoms with E-state index in [9.17, 15) is 21.6 Å². The second-order valence-electron chi connectivity index (χ2n) is 4.73. The first-order valence-electron chi connectivity index (χ1n) is 6.11. The van der Waals surface area contributed by atoms with Crippen LogP contribution in [0.4, 0.5) is 0 Å². The highest BCUT2D eigenvalue weighted by molar-refractivity contribution is 7.92. The van der Waals surface area contributed by atoms with Gasteiger partial charge >= 0.3 is 5.76 Å². The van der Waals surface area contributed by atoms with E-state index in [-0.39, 0.29) is 40.6 Å². The second kappa shape index (κ2) is 4.68. The van der Waals surface area contributed by atoms with Gasteiger partial charge in [0.05, 0.1) is 21.9 Å². The summed E-state index contributed by atoms with van der Waals surface area (Å²) in [5, 5.41) is 0. The minimum Gasteiger partial charge on any atom is -0.408 e. The van der Waals surface area contributed by atoms with E-state index in [1.54, 1.807) is 0 Å². The standard InChI is InChI=1S/C11H12N2O6S2/c14-11-12-9-7-8(1-2-10(9)19-11)21(17,18)13-3-5-20(15,16)6-4-13/h1-2,7H,3-6H2,(H,12,14). The molecule has 0 saturated carbocycles. The number of benzene rings is 1. The molecule has 8 nitrogen and oxygen atoms in total. The zero-order chi connectivity index (χ0) is 15.3. The van der Waals surface area contributed by atoms with Crippen LogP contribution in [0.5, 0.6) is 0 Å². The largest absolute Gasteiger partial charge is 0.417 e. The van der Waals surface area contributed by atoms with Crippen LogP contribution in [0.25, 0.3) is 11.1 Å². The highest BCUT2D eigenvalue weighted by atomic mass is 32.2. The van der Waals surface area contributed by atoms with E-state index in [2.05, 4.69) is 4.98 Å². The van der Waals surface area contributed by atoms with Crippen LogP contribution in [-0.4, -0.2) is 50.7 Å². The SMILES string of the molecule is O=c1[nH]c2cc(S(=O)(=O)N3CCS(=O)(=O)CC3)ccc2o1. The van der Waals surface area contributed by atoms with E-state index in [1.165, 1.54) is 18.2 Å². The van der Waals surface area contributed by atoms with E-state index >= 15 is 0 Å². The number of oxazole rings is 1. The van der Waals surface area contributed by atoms with Crippen molar-refractivity contribution in [3.8, 4) is 0 Å². The molecule has 10 heteroatoms. The molecule has 0 atom stereocenters. The average molecular weight is 332 g/mol. The predicted molar refractivity (Wildman–Crippen MR) is 74.2 cm³/mol. The van der Waals surface area contributed by atoms with Gasteiger partial charge in [0.1, 0.15) is 0 Å². The molecule has 0 amide bonds. The molecule has 1 saturated heterocycles. The minimum absolute atomic E-state index is 0.00801. The number of aromatic amines is 1. The Morgan fingerprint density at radius 1 is 1.19 bits per heavy atom.